The summed E-state index contributed by atoms with van der Waals surface area (Å²) < 4.78 is 12.5. The van der Waals surface area contributed by atoms with E-state index in [1.54, 1.807) is 12.1 Å². The molecule has 1 rings (SSSR count). The fraction of sp³-hybridized carbons (Fsp3) is 0.455. The third kappa shape index (κ3) is 4.23. The van der Waals surface area contributed by atoms with Crippen LogP contribution < -0.4 is 10.6 Å². The SMILES string of the molecule is CCCNCCNc1ccc(F)cc1. The summed E-state index contributed by atoms with van der Waals surface area (Å²) in [6.07, 6.45) is 1.15. The maximum Gasteiger partial charge on any atom is 0.123 e. The van der Waals surface area contributed by atoms with Crippen LogP contribution in [0.15, 0.2) is 24.3 Å². The van der Waals surface area contributed by atoms with Gasteiger partial charge in [-0.25, -0.2) is 4.39 Å². The zero-order valence-electron chi connectivity index (χ0n) is 8.52. The molecule has 1 aromatic rings. The van der Waals surface area contributed by atoms with E-state index < -0.39 is 0 Å². The highest BCUT2D eigenvalue weighted by Gasteiger charge is 1.91. The summed E-state index contributed by atoms with van der Waals surface area (Å²) in [7, 11) is 0. The monoisotopic (exact) mass is 196 g/mol. The van der Waals surface area contributed by atoms with Crippen LogP contribution in [0.2, 0.25) is 0 Å². The standard InChI is InChI=1S/C11H17FN2/c1-2-7-13-8-9-14-11-5-3-10(12)4-6-11/h3-6,13-14H,2,7-9H2,1H3. The van der Waals surface area contributed by atoms with Crippen LogP contribution in [0.1, 0.15) is 13.3 Å². The van der Waals surface area contributed by atoms with E-state index in [2.05, 4.69) is 17.6 Å². The van der Waals surface area contributed by atoms with Crippen LogP contribution >= 0.6 is 0 Å². The largest absolute Gasteiger partial charge is 0.384 e. The summed E-state index contributed by atoms with van der Waals surface area (Å²) in [5.74, 6) is -0.195. The van der Waals surface area contributed by atoms with Crippen LogP contribution in [0.25, 0.3) is 0 Å². The molecule has 0 amide bonds. The molecule has 0 spiro atoms. The van der Waals surface area contributed by atoms with Gasteiger partial charge in [0.2, 0.25) is 0 Å². The number of hydrogen-bond donors (Lipinski definition) is 2. The molecule has 0 aliphatic heterocycles. The molecule has 3 heteroatoms. The Morgan fingerprint density at radius 2 is 1.79 bits per heavy atom. The second-order valence-corrected chi connectivity index (χ2v) is 3.18. The smallest absolute Gasteiger partial charge is 0.123 e. The van der Waals surface area contributed by atoms with Gasteiger partial charge in [-0.05, 0) is 37.2 Å². The first-order valence-electron chi connectivity index (χ1n) is 5.03. The summed E-state index contributed by atoms with van der Waals surface area (Å²) >= 11 is 0. The molecule has 0 radical (unpaired) electrons. The van der Waals surface area contributed by atoms with Crippen molar-refractivity contribution in [2.75, 3.05) is 25.0 Å². The molecule has 2 nitrogen and oxygen atoms in total. The van der Waals surface area contributed by atoms with Crippen molar-refractivity contribution in [2.45, 2.75) is 13.3 Å². The maximum atomic E-state index is 12.5. The third-order valence-corrected chi connectivity index (χ3v) is 1.90. The van der Waals surface area contributed by atoms with Crippen LogP contribution in [0.5, 0.6) is 0 Å². The Balaban J connectivity index is 2.15. The highest BCUT2D eigenvalue weighted by molar-refractivity contribution is 5.42. The fourth-order valence-corrected chi connectivity index (χ4v) is 1.16. The zero-order valence-corrected chi connectivity index (χ0v) is 8.52. The second kappa shape index (κ2) is 6.38. The molecule has 0 saturated carbocycles. The van der Waals surface area contributed by atoms with Gasteiger partial charge in [0.05, 0.1) is 0 Å². The minimum Gasteiger partial charge on any atom is -0.384 e. The molecule has 0 atom stereocenters. The minimum atomic E-state index is -0.195. The van der Waals surface area contributed by atoms with Gasteiger partial charge in [-0.2, -0.15) is 0 Å². The van der Waals surface area contributed by atoms with Crippen molar-refractivity contribution < 1.29 is 4.39 Å². The van der Waals surface area contributed by atoms with E-state index in [0.29, 0.717) is 0 Å². The van der Waals surface area contributed by atoms with E-state index in [-0.39, 0.29) is 5.82 Å². The normalized spacial score (nSPS) is 10.1. The van der Waals surface area contributed by atoms with Gasteiger partial charge in [-0.1, -0.05) is 6.92 Å². The second-order valence-electron chi connectivity index (χ2n) is 3.18. The van der Waals surface area contributed by atoms with Crippen LogP contribution in [-0.2, 0) is 0 Å². The summed E-state index contributed by atoms with van der Waals surface area (Å²) in [6.45, 7) is 4.99. The lowest BCUT2D eigenvalue weighted by atomic mass is 10.3. The Bertz CT molecular complexity index is 246. The number of hydrogen-bond acceptors (Lipinski definition) is 2. The van der Waals surface area contributed by atoms with Gasteiger partial charge < -0.3 is 10.6 Å². The van der Waals surface area contributed by atoms with Gasteiger partial charge in [-0.3, -0.25) is 0 Å². The Labute approximate surface area is 84.5 Å². The number of nitrogens with one attached hydrogen (secondary N) is 2. The lowest BCUT2D eigenvalue weighted by molar-refractivity contribution is 0.628. The fourth-order valence-electron chi connectivity index (χ4n) is 1.16. The Morgan fingerprint density at radius 1 is 1.07 bits per heavy atom. The van der Waals surface area contributed by atoms with Crippen molar-refractivity contribution >= 4 is 5.69 Å². The first kappa shape index (κ1) is 11.0. The van der Waals surface area contributed by atoms with Crippen molar-refractivity contribution in [1.82, 2.24) is 5.32 Å². The highest BCUT2D eigenvalue weighted by atomic mass is 19.1. The number of rotatable bonds is 6. The van der Waals surface area contributed by atoms with E-state index in [1.165, 1.54) is 12.1 Å². The minimum absolute atomic E-state index is 0.195. The molecule has 0 aliphatic carbocycles. The predicted molar refractivity (Wildman–Crippen MR) is 58.1 cm³/mol. The van der Waals surface area contributed by atoms with Gasteiger partial charge >= 0.3 is 0 Å². The van der Waals surface area contributed by atoms with Crippen LogP contribution in [0, 0.1) is 5.82 Å². The molecular weight excluding hydrogens is 179 g/mol. The lowest BCUT2D eigenvalue weighted by Gasteiger charge is -2.06. The molecule has 2 N–H and O–H groups in total. The van der Waals surface area contributed by atoms with E-state index >= 15 is 0 Å². The Hall–Kier alpha value is -1.09. The molecule has 78 valence electrons. The van der Waals surface area contributed by atoms with Gasteiger partial charge in [-0.15, -0.1) is 0 Å². The van der Waals surface area contributed by atoms with Crippen molar-refractivity contribution in [2.24, 2.45) is 0 Å². The number of halogens is 1. The van der Waals surface area contributed by atoms with Gasteiger partial charge in [0.25, 0.3) is 0 Å². The van der Waals surface area contributed by atoms with Crippen LogP contribution in [-0.4, -0.2) is 19.6 Å². The van der Waals surface area contributed by atoms with Gasteiger partial charge in [0.1, 0.15) is 5.82 Å². The average Bonchev–Trinajstić information content (AvgIpc) is 2.21. The number of anilines is 1. The van der Waals surface area contributed by atoms with E-state index in [4.69, 9.17) is 0 Å². The van der Waals surface area contributed by atoms with Gasteiger partial charge in [0.15, 0.2) is 0 Å². The van der Waals surface area contributed by atoms with Crippen molar-refractivity contribution in [1.29, 1.82) is 0 Å². The lowest BCUT2D eigenvalue weighted by Crippen LogP contribution is -2.22. The summed E-state index contributed by atoms with van der Waals surface area (Å²) in [5, 5.41) is 6.48. The molecule has 0 aliphatic rings. The van der Waals surface area contributed by atoms with Crippen molar-refractivity contribution in [3.05, 3.63) is 30.1 Å². The molecule has 0 aromatic heterocycles. The van der Waals surface area contributed by atoms with Crippen LogP contribution in [0.3, 0.4) is 0 Å². The Kier molecular flexibility index (Phi) is 5.00. The highest BCUT2D eigenvalue weighted by Crippen LogP contribution is 2.06. The first-order chi connectivity index (χ1) is 6.83. The van der Waals surface area contributed by atoms with E-state index in [1.807, 2.05) is 0 Å². The van der Waals surface area contributed by atoms with Crippen LogP contribution in [0.4, 0.5) is 10.1 Å². The molecule has 1 aromatic carbocycles. The van der Waals surface area contributed by atoms with E-state index in [9.17, 15) is 4.39 Å². The first-order valence-corrected chi connectivity index (χ1v) is 5.03. The predicted octanol–water partition coefficient (Wildman–Crippen LogP) is 2.24. The average molecular weight is 196 g/mol. The van der Waals surface area contributed by atoms with Crippen molar-refractivity contribution in [3.63, 3.8) is 0 Å². The molecule has 0 heterocycles. The number of benzene rings is 1. The van der Waals surface area contributed by atoms with E-state index in [0.717, 1.165) is 31.7 Å². The molecule has 0 unspecified atom stereocenters. The van der Waals surface area contributed by atoms with Crippen molar-refractivity contribution in [3.8, 4) is 0 Å². The molecule has 14 heavy (non-hydrogen) atoms. The maximum absolute atomic E-state index is 12.5. The van der Waals surface area contributed by atoms with Gasteiger partial charge in [0, 0.05) is 18.8 Å². The summed E-state index contributed by atoms with van der Waals surface area (Å²) in [5.41, 5.74) is 0.963. The quantitative estimate of drug-likeness (QED) is 0.682. The summed E-state index contributed by atoms with van der Waals surface area (Å²) in [6, 6.07) is 6.41. The Morgan fingerprint density at radius 3 is 2.43 bits per heavy atom. The molecular formula is C11H17FN2. The molecule has 0 fully saturated rings. The summed E-state index contributed by atoms with van der Waals surface area (Å²) in [4.78, 5) is 0. The molecule has 0 saturated heterocycles. The third-order valence-electron chi connectivity index (χ3n) is 1.90. The zero-order chi connectivity index (χ0) is 10.2. The topological polar surface area (TPSA) is 24.1 Å². The molecule has 0 bridgehead atoms.